The SMILES string of the molecule is Cc1ccc(N(c2ccc(C)c(C)c2)c2ccc3cc4c(cc3c2)oc2c(C)c3oc5cc6cc(N(c7ccc(C)c(C)c7)c7ccc(C)c(C)c7)ccc6cc5c3cc24)cc1C. The van der Waals surface area contributed by atoms with Crippen LogP contribution in [0.4, 0.5) is 34.1 Å². The van der Waals surface area contributed by atoms with Gasteiger partial charge in [0.05, 0.1) is 0 Å². The van der Waals surface area contributed by atoms with E-state index >= 15 is 0 Å². The molecule has 0 amide bonds. The van der Waals surface area contributed by atoms with E-state index in [9.17, 15) is 0 Å². The summed E-state index contributed by atoms with van der Waals surface area (Å²) >= 11 is 0. The van der Waals surface area contributed by atoms with Crippen LogP contribution in [-0.4, -0.2) is 0 Å². The molecule has 0 aliphatic heterocycles. The Hall–Kier alpha value is -7.30. The summed E-state index contributed by atoms with van der Waals surface area (Å²) in [5, 5.41) is 9.00. The molecule has 2 aromatic heterocycles. The highest BCUT2D eigenvalue weighted by molar-refractivity contribution is 6.20. The van der Waals surface area contributed by atoms with Gasteiger partial charge in [-0.15, -0.1) is 0 Å². The van der Waals surface area contributed by atoms with Crippen LogP contribution in [0.5, 0.6) is 0 Å². The van der Waals surface area contributed by atoms with E-state index in [1.54, 1.807) is 0 Å². The maximum Gasteiger partial charge on any atom is 0.142 e. The Balaban J connectivity index is 1.02. The van der Waals surface area contributed by atoms with Crippen molar-refractivity contribution in [3.8, 4) is 0 Å². The zero-order valence-corrected chi connectivity index (χ0v) is 37.5. The highest BCUT2D eigenvalue weighted by atomic mass is 16.3. The van der Waals surface area contributed by atoms with Crippen LogP contribution in [0.15, 0.2) is 148 Å². The molecule has 0 fully saturated rings. The van der Waals surface area contributed by atoms with Crippen molar-refractivity contribution in [1.82, 2.24) is 0 Å². The summed E-state index contributed by atoms with van der Waals surface area (Å²) in [5.74, 6) is 0. The van der Waals surface area contributed by atoms with Crippen molar-refractivity contribution < 1.29 is 8.83 Å². The molecule has 11 rings (SSSR count). The molecule has 0 saturated heterocycles. The van der Waals surface area contributed by atoms with Crippen LogP contribution in [-0.2, 0) is 0 Å². The van der Waals surface area contributed by atoms with E-state index in [1.807, 2.05) is 0 Å². The van der Waals surface area contributed by atoms with Gasteiger partial charge in [0.2, 0.25) is 0 Å². The van der Waals surface area contributed by atoms with Crippen LogP contribution in [0.1, 0.15) is 50.1 Å². The van der Waals surface area contributed by atoms with Crippen LogP contribution < -0.4 is 9.80 Å². The number of hydrogen-bond donors (Lipinski definition) is 0. The van der Waals surface area contributed by atoms with Crippen molar-refractivity contribution in [3.05, 3.63) is 190 Å². The second-order valence-electron chi connectivity index (χ2n) is 18.0. The van der Waals surface area contributed by atoms with E-state index in [-0.39, 0.29) is 0 Å². The number of fused-ring (bicyclic) bond motifs is 8. The average Bonchev–Trinajstić information content (AvgIpc) is 3.82. The van der Waals surface area contributed by atoms with Gasteiger partial charge in [-0.1, -0.05) is 36.4 Å². The molecular formula is C59H50N2O2. The molecule has 0 N–H and O–H groups in total. The van der Waals surface area contributed by atoms with Crippen LogP contribution in [0, 0.1) is 62.3 Å². The van der Waals surface area contributed by atoms with E-state index in [4.69, 9.17) is 8.83 Å². The molecule has 2 heterocycles. The molecule has 0 aliphatic rings. The third kappa shape index (κ3) is 6.35. The topological polar surface area (TPSA) is 32.8 Å². The van der Waals surface area contributed by atoms with Gasteiger partial charge in [0.25, 0.3) is 0 Å². The zero-order chi connectivity index (χ0) is 43.4. The molecule has 0 saturated carbocycles. The summed E-state index contributed by atoms with van der Waals surface area (Å²) in [5.41, 5.74) is 21.5. The van der Waals surface area contributed by atoms with Crippen molar-refractivity contribution in [2.45, 2.75) is 62.3 Å². The smallest absolute Gasteiger partial charge is 0.142 e. The Kier molecular flexibility index (Phi) is 8.82. The Bertz CT molecular complexity index is 3350. The molecule has 4 heteroatoms. The van der Waals surface area contributed by atoms with Crippen molar-refractivity contribution >= 4 is 99.5 Å². The van der Waals surface area contributed by atoms with Crippen LogP contribution >= 0.6 is 0 Å². The third-order valence-electron chi connectivity index (χ3n) is 13.8. The number of rotatable bonds is 6. The van der Waals surface area contributed by atoms with E-state index < -0.39 is 0 Å². The fourth-order valence-electron chi connectivity index (χ4n) is 9.42. The van der Waals surface area contributed by atoms with E-state index in [1.165, 1.54) is 55.3 Å². The van der Waals surface area contributed by atoms with E-state index in [2.05, 4.69) is 212 Å². The standard InChI is InChI=1S/C59H50N2O2/c1-33-10-16-46(22-37(33)5)60(47-17-11-34(2)38(6)23-47)50-20-14-42-28-52-54-32-55-53-29-43-15-21-51(61(48-18-12-35(3)39(7)24-48)49-19-13-36(4)40(8)25-49)27-45(43)31-57(53)63-59(55)41(9)58(54)62-56(52)30-44(42)26-50/h10-32H,1-9H3. The fraction of sp³-hybridized carbons (Fsp3) is 0.153. The number of furan rings is 2. The molecule has 0 aliphatic carbocycles. The highest BCUT2D eigenvalue weighted by Crippen LogP contribution is 2.44. The summed E-state index contributed by atoms with van der Waals surface area (Å²) in [6, 6.07) is 51.7. The van der Waals surface area contributed by atoms with Crippen LogP contribution in [0.2, 0.25) is 0 Å². The van der Waals surface area contributed by atoms with Gasteiger partial charge in [0.15, 0.2) is 0 Å². The first-order chi connectivity index (χ1) is 30.4. The van der Waals surface area contributed by atoms with Gasteiger partial charge in [-0.05, 0) is 231 Å². The number of benzene rings is 9. The van der Waals surface area contributed by atoms with Crippen LogP contribution in [0.25, 0.3) is 65.4 Å². The summed E-state index contributed by atoms with van der Waals surface area (Å²) < 4.78 is 13.6. The number of anilines is 6. The monoisotopic (exact) mass is 818 g/mol. The third-order valence-corrected chi connectivity index (χ3v) is 13.8. The maximum absolute atomic E-state index is 6.78. The van der Waals surface area contributed by atoms with Gasteiger partial charge in [-0.25, -0.2) is 0 Å². The lowest BCUT2D eigenvalue weighted by Crippen LogP contribution is -2.10. The number of nitrogens with zero attached hydrogens (tertiary/aromatic N) is 2. The lowest BCUT2D eigenvalue weighted by Gasteiger charge is -2.27. The van der Waals surface area contributed by atoms with E-state index in [0.29, 0.717) is 0 Å². The second kappa shape index (κ2) is 14.4. The molecule has 0 bridgehead atoms. The lowest BCUT2D eigenvalue weighted by molar-refractivity contribution is 0.651. The molecule has 4 nitrogen and oxygen atoms in total. The minimum absolute atomic E-state index is 0.864. The fourth-order valence-corrected chi connectivity index (χ4v) is 9.42. The Morgan fingerprint density at radius 3 is 0.921 bits per heavy atom. The van der Waals surface area contributed by atoms with Gasteiger partial charge in [0.1, 0.15) is 22.3 Å². The largest absolute Gasteiger partial charge is 0.456 e. The highest BCUT2D eigenvalue weighted by Gasteiger charge is 2.21. The number of aryl methyl sites for hydroxylation is 9. The predicted octanol–water partition coefficient (Wildman–Crippen LogP) is 17.5. The predicted molar refractivity (Wildman–Crippen MR) is 268 cm³/mol. The molecule has 0 unspecified atom stereocenters. The first kappa shape index (κ1) is 38.6. The van der Waals surface area contributed by atoms with Gasteiger partial charge in [-0.2, -0.15) is 0 Å². The molecular weight excluding hydrogens is 769 g/mol. The molecule has 0 atom stereocenters. The van der Waals surface area contributed by atoms with Gasteiger partial charge in [0, 0.05) is 61.2 Å². The second-order valence-corrected chi connectivity index (χ2v) is 18.0. The van der Waals surface area contributed by atoms with Gasteiger partial charge < -0.3 is 18.6 Å². The van der Waals surface area contributed by atoms with Crippen molar-refractivity contribution in [2.75, 3.05) is 9.80 Å². The van der Waals surface area contributed by atoms with Crippen molar-refractivity contribution in [3.63, 3.8) is 0 Å². The molecule has 308 valence electrons. The first-order valence-corrected chi connectivity index (χ1v) is 22.0. The minimum Gasteiger partial charge on any atom is -0.456 e. The Labute approximate surface area is 368 Å². The Morgan fingerprint density at radius 1 is 0.270 bits per heavy atom. The van der Waals surface area contributed by atoms with Gasteiger partial charge >= 0.3 is 0 Å². The van der Waals surface area contributed by atoms with Gasteiger partial charge in [-0.3, -0.25) is 0 Å². The first-order valence-electron chi connectivity index (χ1n) is 22.0. The summed E-state index contributed by atoms with van der Waals surface area (Å²) in [6.07, 6.45) is 0. The summed E-state index contributed by atoms with van der Waals surface area (Å²) in [7, 11) is 0. The quantitative estimate of drug-likeness (QED) is 0.167. The molecule has 0 spiro atoms. The van der Waals surface area contributed by atoms with Crippen molar-refractivity contribution in [1.29, 1.82) is 0 Å². The maximum atomic E-state index is 6.78. The lowest BCUT2D eigenvalue weighted by atomic mass is 10.0. The molecule has 63 heavy (non-hydrogen) atoms. The Morgan fingerprint density at radius 2 is 0.587 bits per heavy atom. The normalized spacial score (nSPS) is 11.9. The van der Waals surface area contributed by atoms with E-state index in [0.717, 1.165) is 94.3 Å². The minimum atomic E-state index is 0.864. The molecule has 11 aromatic rings. The molecule has 9 aromatic carbocycles. The number of hydrogen-bond acceptors (Lipinski definition) is 4. The van der Waals surface area contributed by atoms with Crippen LogP contribution in [0.3, 0.4) is 0 Å². The zero-order valence-electron chi connectivity index (χ0n) is 37.5. The average molecular weight is 819 g/mol. The molecule has 0 radical (unpaired) electrons. The summed E-state index contributed by atoms with van der Waals surface area (Å²) in [6.45, 7) is 19.5. The van der Waals surface area contributed by atoms with Crippen molar-refractivity contribution in [2.24, 2.45) is 0 Å². The summed E-state index contributed by atoms with van der Waals surface area (Å²) in [4.78, 5) is 4.72.